The van der Waals surface area contributed by atoms with E-state index < -0.39 is 0 Å². The molecule has 16 heavy (non-hydrogen) atoms. The number of hydrogen-bond acceptors (Lipinski definition) is 4. The minimum Gasteiger partial charge on any atom is -0.493 e. The van der Waals surface area contributed by atoms with Crippen molar-refractivity contribution in [3.63, 3.8) is 0 Å². The van der Waals surface area contributed by atoms with Gasteiger partial charge in [-0.1, -0.05) is 12.1 Å². The van der Waals surface area contributed by atoms with Gasteiger partial charge in [-0.3, -0.25) is 5.84 Å². The molecule has 0 atom stereocenters. The van der Waals surface area contributed by atoms with Gasteiger partial charge in [-0.05, 0) is 23.6 Å². The fourth-order valence-corrected chi connectivity index (χ4v) is 1.73. The molecule has 0 aromatic heterocycles. The predicted molar refractivity (Wildman–Crippen MR) is 64.9 cm³/mol. The van der Waals surface area contributed by atoms with Gasteiger partial charge in [0.15, 0.2) is 11.5 Å². The lowest BCUT2D eigenvalue weighted by molar-refractivity contribution is 0.356. The first-order chi connectivity index (χ1) is 7.80. The summed E-state index contributed by atoms with van der Waals surface area (Å²) in [5.74, 6) is 6.86. The summed E-state index contributed by atoms with van der Waals surface area (Å²) in [6.07, 6.45) is 0. The molecule has 3 N–H and O–H groups in total. The summed E-state index contributed by atoms with van der Waals surface area (Å²) in [4.78, 5) is 0. The maximum absolute atomic E-state index is 5.46. The Balaban J connectivity index is 2.72. The van der Waals surface area contributed by atoms with Gasteiger partial charge in [0.1, 0.15) is 0 Å². The van der Waals surface area contributed by atoms with Crippen LogP contribution in [0, 0.1) is 0 Å². The van der Waals surface area contributed by atoms with Crippen molar-refractivity contribution in [2.24, 2.45) is 5.84 Å². The minimum atomic E-state index is 0.692. The molecule has 2 rings (SSSR count). The van der Waals surface area contributed by atoms with Crippen LogP contribution < -0.4 is 20.7 Å². The van der Waals surface area contributed by atoms with Crippen LogP contribution in [0.5, 0.6) is 11.5 Å². The molecule has 4 nitrogen and oxygen atoms in total. The van der Waals surface area contributed by atoms with E-state index in [1.165, 1.54) is 0 Å². The SMILES string of the molecule is COc1cc2cccc(NN)c2cc1OC. The Labute approximate surface area is 93.9 Å². The van der Waals surface area contributed by atoms with Crippen molar-refractivity contribution in [2.45, 2.75) is 0 Å². The van der Waals surface area contributed by atoms with Gasteiger partial charge < -0.3 is 14.9 Å². The number of hydrogen-bond donors (Lipinski definition) is 2. The number of anilines is 1. The lowest BCUT2D eigenvalue weighted by atomic mass is 10.1. The van der Waals surface area contributed by atoms with E-state index in [0.717, 1.165) is 16.5 Å². The van der Waals surface area contributed by atoms with E-state index in [1.807, 2.05) is 30.3 Å². The van der Waals surface area contributed by atoms with Crippen molar-refractivity contribution in [1.82, 2.24) is 0 Å². The topological polar surface area (TPSA) is 56.5 Å². The van der Waals surface area contributed by atoms with Crippen molar-refractivity contribution in [1.29, 1.82) is 0 Å². The van der Waals surface area contributed by atoms with Gasteiger partial charge in [-0.15, -0.1) is 0 Å². The summed E-state index contributed by atoms with van der Waals surface area (Å²) >= 11 is 0. The second kappa shape index (κ2) is 4.28. The van der Waals surface area contributed by atoms with Crippen LogP contribution in [0.4, 0.5) is 5.69 Å². The zero-order chi connectivity index (χ0) is 11.5. The van der Waals surface area contributed by atoms with Crippen LogP contribution in [0.2, 0.25) is 0 Å². The number of fused-ring (bicyclic) bond motifs is 1. The quantitative estimate of drug-likeness (QED) is 0.612. The number of benzene rings is 2. The Hall–Kier alpha value is -1.94. The van der Waals surface area contributed by atoms with Gasteiger partial charge in [0, 0.05) is 5.39 Å². The first-order valence-corrected chi connectivity index (χ1v) is 4.91. The highest BCUT2D eigenvalue weighted by Gasteiger charge is 2.07. The number of rotatable bonds is 3. The summed E-state index contributed by atoms with van der Waals surface area (Å²) in [6.45, 7) is 0. The Morgan fingerprint density at radius 1 is 1.06 bits per heavy atom. The average Bonchev–Trinajstić information content (AvgIpc) is 2.36. The van der Waals surface area contributed by atoms with E-state index in [1.54, 1.807) is 14.2 Å². The summed E-state index contributed by atoms with van der Waals surface area (Å²) in [6, 6.07) is 9.67. The summed E-state index contributed by atoms with van der Waals surface area (Å²) in [5, 5.41) is 2.05. The van der Waals surface area contributed by atoms with Crippen molar-refractivity contribution >= 4 is 16.5 Å². The van der Waals surface area contributed by atoms with Crippen LogP contribution in [0.3, 0.4) is 0 Å². The summed E-state index contributed by atoms with van der Waals surface area (Å²) in [7, 11) is 3.23. The van der Waals surface area contributed by atoms with Crippen LogP contribution in [-0.2, 0) is 0 Å². The molecule has 4 heteroatoms. The molecule has 0 aliphatic heterocycles. The third-order valence-electron chi connectivity index (χ3n) is 2.54. The third-order valence-corrected chi connectivity index (χ3v) is 2.54. The van der Waals surface area contributed by atoms with Crippen molar-refractivity contribution in [3.05, 3.63) is 30.3 Å². The van der Waals surface area contributed by atoms with Crippen LogP contribution in [0.1, 0.15) is 0 Å². The molecule has 0 heterocycles. The number of nitrogen functional groups attached to an aromatic ring is 1. The van der Waals surface area contributed by atoms with Gasteiger partial charge in [0.05, 0.1) is 19.9 Å². The van der Waals surface area contributed by atoms with Crippen molar-refractivity contribution < 1.29 is 9.47 Å². The summed E-state index contributed by atoms with van der Waals surface area (Å²) in [5.41, 5.74) is 3.52. The maximum atomic E-state index is 5.46. The van der Waals surface area contributed by atoms with Gasteiger partial charge in [-0.2, -0.15) is 0 Å². The Morgan fingerprint density at radius 2 is 1.75 bits per heavy atom. The standard InChI is InChI=1S/C12H14N2O2/c1-15-11-6-8-4-3-5-10(14-13)9(8)7-12(11)16-2/h3-7,14H,13H2,1-2H3. The fourth-order valence-electron chi connectivity index (χ4n) is 1.73. The van der Waals surface area contributed by atoms with E-state index in [2.05, 4.69) is 5.43 Å². The van der Waals surface area contributed by atoms with Gasteiger partial charge in [-0.25, -0.2) is 0 Å². The summed E-state index contributed by atoms with van der Waals surface area (Å²) < 4.78 is 10.5. The van der Waals surface area contributed by atoms with E-state index >= 15 is 0 Å². The number of methoxy groups -OCH3 is 2. The minimum absolute atomic E-state index is 0.692. The number of nitrogens with two attached hydrogens (primary N) is 1. The number of hydrazine groups is 1. The lowest BCUT2D eigenvalue weighted by Gasteiger charge is -2.11. The van der Waals surface area contributed by atoms with Gasteiger partial charge in [0.25, 0.3) is 0 Å². The Kier molecular flexibility index (Phi) is 2.83. The second-order valence-corrected chi connectivity index (χ2v) is 3.38. The molecule has 84 valence electrons. The zero-order valence-electron chi connectivity index (χ0n) is 9.28. The number of nitrogens with one attached hydrogen (secondary N) is 1. The molecule has 0 aliphatic rings. The Morgan fingerprint density at radius 3 is 2.38 bits per heavy atom. The third kappa shape index (κ3) is 1.63. The van der Waals surface area contributed by atoms with E-state index in [-0.39, 0.29) is 0 Å². The van der Waals surface area contributed by atoms with Crippen LogP contribution in [-0.4, -0.2) is 14.2 Å². The van der Waals surface area contributed by atoms with E-state index in [9.17, 15) is 0 Å². The van der Waals surface area contributed by atoms with Crippen LogP contribution in [0.25, 0.3) is 10.8 Å². The first kappa shape index (κ1) is 10.6. The molecule has 0 aliphatic carbocycles. The molecule has 0 amide bonds. The number of ether oxygens (including phenoxy) is 2. The average molecular weight is 218 g/mol. The first-order valence-electron chi connectivity index (χ1n) is 4.91. The highest BCUT2D eigenvalue weighted by atomic mass is 16.5. The molecule has 0 saturated heterocycles. The van der Waals surface area contributed by atoms with Gasteiger partial charge >= 0.3 is 0 Å². The molecular weight excluding hydrogens is 204 g/mol. The predicted octanol–water partition coefficient (Wildman–Crippen LogP) is 2.14. The van der Waals surface area contributed by atoms with Crippen molar-refractivity contribution in [3.8, 4) is 11.5 Å². The maximum Gasteiger partial charge on any atom is 0.161 e. The highest BCUT2D eigenvalue weighted by Crippen LogP contribution is 2.34. The van der Waals surface area contributed by atoms with E-state index in [4.69, 9.17) is 15.3 Å². The van der Waals surface area contributed by atoms with E-state index in [0.29, 0.717) is 11.5 Å². The monoisotopic (exact) mass is 218 g/mol. The largest absolute Gasteiger partial charge is 0.493 e. The van der Waals surface area contributed by atoms with Crippen molar-refractivity contribution in [2.75, 3.05) is 19.6 Å². The molecular formula is C12H14N2O2. The highest BCUT2D eigenvalue weighted by molar-refractivity contribution is 5.96. The Bertz CT molecular complexity index is 512. The molecule has 0 saturated carbocycles. The lowest BCUT2D eigenvalue weighted by Crippen LogP contribution is -2.06. The van der Waals surface area contributed by atoms with Gasteiger partial charge in [0.2, 0.25) is 0 Å². The second-order valence-electron chi connectivity index (χ2n) is 3.38. The molecule has 0 unspecified atom stereocenters. The van der Waals surface area contributed by atoms with Crippen LogP contribution >= 0.6 is 0 Å². The smallest absolute Gasteiger partial charge is 0.161 e. The zero-order valence-corrected chi connectivity index (χ0v) is 9.28. The normalized spacial score (nSPS) is 10.2. The molecule has 0 spiro atoms. The fraction of sp³-hybridized carbons (Fsp3) is 0.167. The molecule has 0 bridgehead atoms. The van der Waals surface area contributed by atoms with Crippen LogP contribution in [0.15, 0.2) is 30.3 Å². The molecule has 0 fully saturated rings. The molecule has 2 aromatic rings. The molecule has 2 aromatic carbocycles. The molecule has 0 radical (unpaired) electrons.